The first-order chi connectivity index (χ1) is 45.1. The number of fused-ring (bicyclic) bond motifs is 4. The van der Waals surface area contributed by atoms with Gasteiger partial charge in [-0.3, -0.25) is 47.9 Å². The van der Waals surface area contributed by atoms with E-state index >= 15 is 0 Å². The van der Waals surface area contributed by atoms with E-state index in [1.807, 2.05) is 0 Å². The molecule has 10 amide bonds. The molecular formula is C60H74N14O22. The van der Waals surface area contributed by atoms with Crippen molar-refractivity contribution >= 4 is 105 Å². The third-order valence-electron chi connectivity index (χ3n) is 15.5. The zero-order valence-corrected chi connectivity index (χ0v) is 53.7. The van der Waals surface area contributed by atoms with Crippen LogP contribution in [0.15, 0.2) is 58.7 Å². The molecule has 7 rings (SSSR count). The van der Waals surface area contributed by atoms with E-state index in [0.717, 1.165) is 90.2 Å². The molecule has 2 unspecified atom stereocenters. The predicted octanol–water partition coefficient (Wildman–Crippen LogP) is -4.55. The normalized spacial score (nSPS) is 23.5. The van der Waals surface area contributed by atoms with Gasteiger partial charge in [-0.05, 0) is 76.2 Å². The summed E-state index contributed by atoms with van der Waals surface area (Å²) in [6, 6.07) is -1.05. The molecule has 3 aliphatic heterocycles. The molecule has 36 nitrogen and oxygen atoms in total. The topological polar surface area (TPSA) is 481 Å². The van der Waals surface area contributed by atoms with Gasteiger partial charge in [-0.15, -0.1) is 0 Å². The summed E-state index contributed by atoms with van der Waals surface area (Å²) in [7, 11) is 7.06. The number of nitrogens with zero attached hydrogens (tertiary/aromatic N) is 10. The molecule has 3 aliphatic rings. The summed E-state index contributed by atoms with van der Waals surface area (Å²) >= 11 is 0. The number of carbonyl (C=O) groups excluding carboxylic acids is 12. The first-order valence-corrected chi connectivity index (χ1v) is 29.4. The fourth-order valence-corrected chi connectivity index (χ4v) is 10.4. The lowest BCUT2D eigenvalue weighted by Gasteiger charge is -2.37. The maximum atomic E-state index is 14.8. The molecule has 2 aromatic heterocycles. The Hall–Kier alpha value is -10.7. The number of esters is 2. The Morgan fingerprint density at radius 1 is 0.562 bits per heavy atom. The van der Waals surface area contributed by atoms with E-state index in [0.29, 0.717) is 42.1 Å². The summed E-state index contributed by atoms with van der Waals surface area (Å²) in [5.74, 6) is -15.5. The number of amides is 10. The van der Waals surface area contributed by atoms with Crippen LogP contribution in [-0.2, 0) is 57.4 Å². The maximum Gasteiger partial charge on any atom is 0.331 e. The molecule has 0 radical (unpaired) electrons. The Labute approximate surface area is 546 Å². The van der Waals surface area contributed by atoms with Crippen LogP contribution in [0.4, 0.5) is 0 Å². The molecule has 0 saturated carbocycles. The van der Waals surface area contributed by atoms with E-state index in [-0.39, 0.29) is 23.9 Å². The van der Waals surface area contributed by atoms with Crippen molar-refractivity contribution in [2.75, 3.05) is 81.8 Å². The minimum absolute atomic E-state index is 0.155. The Morgan fingerprint density at radius 2 is 0.917 bits per heavy atom. The number of carbonyl (C=O) groups is 12. The molecule has 2 aromatic carbocycles. The van der Waals surface area contributed by atoms with Gasteiger partial charge in [0.1, 0.15) is 48.3 Å². The molecule has 0 spiro atoms. The van der Waals surface area contributed by atoms with E-state index in [4.69, 9.17) is 18.9 Å². The van der Waals surface area contributed by atoms with Crippen LogP contribution in [0.5, 0.6) is 23.0 Å². The molecule has 36 heteroatoms. The summed E-state index contributed by atoms with van der Waals surface area (Å²) in [5, 5.41) is 86.0. The van der Waals surface area contributed by atoms with Crippen LogP contribution < -0.4 is 30.7 Å². The number of hydrogen-bond acceptors (Lipinski definition) is 26. The Kier molecular flexibility index (Phi) is 22.8. The lowest BCUT2D eigenvalue weighted by Crippen LogP contribution is -2.61. The first-order valence-electron chi connectivity index (χ1n) is 29.4. The van der Waals surface area contributed by atoms with E-state index in [1.54, 1.807) is 0 Å². The molecule has 96 heavy (non-hydrogen) atoms. The highest BCUT2D eigenvalue weighted by Crippen LogP contribution is 2.29. The number of hydrazone groups is 2. The third kappa shape index (κ3) is 16.8. The molecule has 5 heterocycles. The number of ether oxygens (including phenoxy) is 4. The number of benzene rings is 2. The fraction of sp³-hybridized carbons (Fsp3) is 0.467. The molecule has 8 atom stereocenters. The summed E-state index contributed by atoms with van der Waals surface area (Å²) < 4.78 is 21.5. The van der Waals surface area contributed by atoms with Crippen molar-refractivity contribution in [2.24, 2.45) is 10.2 Å². The van der Waals surface area contributed by atoms with Gasteiger partial charge in [0, 0.05) is 64.2 Å². The number of aliphatic hydroxyl groups is 4. The van der Waals surface area contributed by atoms with Crippen LogP contribution in [0, 0.1) is 0 Å². The van der Waals surface area contributed by atoms with Gasteiger partial charge in [0.2, 0.25) is 35.4 Å². The quantitative estimate of drug-likeness (QED) is 0.0743. The SMILES string of the molecule is COc1ccc2nc(C(=O)N[C@@H]3COC(=O)[C@H](C(C)(C)O)N(C)C(=O)CN(C)C(=O)CNC(=O)C4[C@@H](O)CC=NN4C(=O)[C@H](NC(=O)c4nc5ccc(OC)cc5cc4O)COC(=O)[C@H](C(C)(C)O)N(C)C(=O)CN(C)C(=O)CNC(=O)C4[C@@H](O)CC=NN4C3=O)c(O)cc2c1. The molecule has 1 saturated heterocycles. The third-order valence-corrected chi connectivity index (χ3v) is 15.5. The highest BCUT2D eigenvalue weighted by atomic mass is 16.5. The average molecular weight is 1340 g/mol. The average Bonchev–Trinajstić information content (AvgIpc) is 0.822. The summed E-state index contributed by atoms with van der Waals surface area (Å²) in [4.78, 5) is 181. The molecular weight excluding hydrogens is 1270 g/mol. The van der Waals surface area contributed by atoms with Crippen molar-refractivity contribution in [3.8, 4) is 23.0 Å². The second-order valence-corrected chi connectivity index (χ2v) is 23.7. The summed E-state index contributed by atoms with van der Waals surface area (Å²) in [6.45, 7) is -1.67. The molecule has 10 N–H and O–H groups in total. The van der Waals surface area contributed by atoms with Crippen molar-refractivity contribution in [3.05, 3.63) is 59.9 Å². The molecule has 1 fully saturated rings. The lowest BCUT2D eigenvalue weighted by molar-refractivity contribution is -0.166. The van der Waals surface area contributed by atoms with Gasteiger partial charge < -0.3 is 90.5 Å². The van der Waals surface area contributed by atoms with E-state index in [1.165, 1.54) is 50.6 Å². The van der Waals surface area contributed by atoms with E-state index in [9.17, 15) is 88.2 Å². The lowest BCUT2D eigenvalue weighted by atomic mass is 9.97. The Bertz CT molecular complexity index is 3560. The summed E-state index contributed by atoms with van der Waals surface area (Å²) in [6.07, 6.45) is -2.28. The van der Waals surface area contributed by atoms with Gasteiger partial charge in [0.25, 0.3) is 23.6 Å². The van der Waals surface area contributed by atoms with Crippen LogP contribution >= 0.6 is 0 Å². The zero-order valence-electron chi connectivity index (χ0n) is 53.7. The van der Waals surface area contributed by atoms with Crippen LogP contribution in [0.3, 0.4) is 0 Å². The van der Waals surface area contributed by atoms with Gasteiger partial charge in [-0.25, -0.2) is 29.6 Å². The number of nitrogens with one attached hydrogen (secondary N) is 4. The number of pyridine rings is 2. The van der Waals surface area contributed by atoms with Gasteiger partial charge in [-0.2, -0.15) is 10.2 Å². The van der Waals surface area contributed by atoms with Crippen LogP contribution in [-0.4, -0.2) is 295 Å². The van der Waals surface area contributed by atoms with E-state index < -0.39 is 193 Å². The van der Waals surface area contributed by atoms with Crippen LogP contribution in [0.2, 0.25) is 0 Å². The van der Waals surface area contributed by atoms with Crippen LogP contribution in [0.25, 0.3) is 21.8 Å². The van der Waals surface area contributed by atoms with Crippen molar-refractivity contribution < 1.29 is 107 Å². The largest absolute Gasteiger partial charge is 0.505 e. The van der Waals surface area contributed by atoms with Crippen molar-refractivity contribution in [2.45, 2.75) is 100 Å². The zero-order chi connectivity index (χ0) is 71.0. The number of hydrogen-bond donors (Lipinski definition) is 10. The van der Waals surface area contributed by atoms with Crippen molar-refractivity contribution in [1.29, 1.82) is 0 Å². The van der Waals surface area contributed by atoms with Crippen molar-refractivity contribution in [3.63, 3.8) is 0 Å². The molecule has 0 bridgehead atoms. The second kappa shape index (κ2) is 30.1. The highest BCUT2D eigenvalue weighted by molar-refractivity contribution is 6.03. The summed E-state index contributed by atoms with van der Waals surface area (Å²) in [5.41, 5.74) is -5.44. The number of methoxy groups -OCH3 is 2. The van der Waals surface area contributed by atoms with Gasteiger partial charge in [0.15, 0.2) is 35.6 Å². The predicted molar refractivity (Wildman–Crippen MR) is 331 cm³/mol. The standard InChI is InChI=1S/C60H74N14O22/c1-59(2,91)49-57(89)95-27-35(67-51(83)45-39(77)21-29-19-31(93-9)11-13-33(29)65-45)55(87)73-47(37(75)15-17-63-73)53(85)62-24-42(80)70(6)26-44(82)72(8)50(60(3,4)92)58(90)96-28-36(68-52(84)46-40(78)22-30-20-32(94-10)12-14-34(30)66-46)56(88)74-48(38(76)16-18-64-74)54(86)61-23-41(79)69(5)25-43(81)71(49)7/h11-14,17-22,35-38,47-50,75-78,91-92H,15-16,23-28H2,1-10H3,(H,61,86)(H,62,85)(H,67,83)(H,68,84)/t35-,36-,37+,38+,47?,48?,49-,50-/m1/s1. The highest BCUT2D eigenvalue weighted by Gasteiger charge is 2.47. The minimum atomic E-state index is -2.21. The molecule has 516 valence electrons. The Balaban J connectivity index is 1.22. The maximum absolute atomic E-state index is 14.8. The van der Waals surface area contributed by atoms with Gasteiger partial charge >= 0.3 is 11.9 Å². The number of aliphatic hydroxyl groups excluding tert-OH is 2. The molecule has 0 aliphatic carbocycles. The number of aromatic nitrogens is 2. The Morgan fingerprint density at radius 3 is 1.25 bits per heavy atom. The number of rotatable bonds is 8. The van der Waals surface area contributed by atoms with E-state index in [2.05, 4.69) is 41.4 Å². The van der Waals surface area contributed by atoms with Crippen molar-refractivity contribution in [1.82, 2.24) is 60.9 Å². The number of aromatic hydroxyl groups is 2. The first kappa shape index (κ1) is 72.7. The monoisotopic (exact) mass is 1340 g/mol. The number of likely N-dealkylation sites (N-methyl/N-ethyl adjacent to an activating group) is 4. The minimum Gasteiger partial charge on any atom is -0.505 e. The fourth-order valence-electron chi connectivity index (χ4n) is 10.4. The van der Waals surface area contributed by atoms with Gasteiger partial charge in [-0.1, -0.05) is 0 Å². The second-order valence-electron chi connectivity index (χ2n) is 23.7. The number of cyclic esters (lactones) is 2. The smallest absolute Gasteiger partial charge is 0.331 e. The van der Waals surface area contributed by atoms with Gasteiger partial charge in [0.05, 0.1) is 74.8 Å². The van der Waals surface area contributed by atoms with Crippen LogP contribution in [0.1, 0.15) is 61.5 Å². The molecule has 4 aromatic rings.